The zero-order valence-corrected chi connectivity index (χ0v) is 18.4. The quantitative estimate of drug-likeness (QED) is 0.645. The Kier molecular flexibility index (Phi) is 5.35. The van der Waals surface area contributed by atoms with Crippen molar-refractivity contribution in [3.05, 3.63) is 30.0 Å². The van der Waals surface area contributed by atoms with Crippen LogP contribution in [0.3, 0.4) is 0 Å². The molecule has 1 fully saturated rings. The molecular formula is C21H27F3N6O2. The number of rotatable bonds is 5. The third kappa shape index (κ3) is 3.78. The number of fused-ring (bicyclic) bond motifs is 1. The maximum atomic E-state index is 12.7. The molecule has 1 aliphatic heterocycles. The minimum atomic E-state index is -4.43. The number of aliphatic hydroxyl groups is 1. The van der Waals surface area contributed by atoms with Crippen LogP contribution in [0.2, 0.25) is 0 Å². The molecule has 1 saturated carbocycles. The fraction of sp³-hybridized carbons (Fsp3) is 0.571. The summed E-state index contributed by atoms with van der Waals surface area (Å²) in [5.41, 5.74) is -0.673. The summed E-state index contributed by atoms with van der Waals surface area (Å²) in [6.45, 7) is 5.83. The van der Waals surface area contributed by atoms with E-state index in [2.05, 4.69) is 20.6 Å². The first kappa shape index (κ1) is 22.4. The Morgan fingerprint density at radius 2 is 2.06 bits per heavy atom. The zero-order chi connectivity index (χ0) is 23.4. The number of hydrogen-bond donors (Lipinski definition) is 3. The molecule has 1 aliphatic carbocycles. The maximum absolute atomic E-state index is 12.7. The number of likely N-dealkylation sites (N-methyl/N-ethyl adjacent to an activating group) is 1. The van der Waals surface area contributed by atoms with Gasteiger partial charge in [-0.1, -0.05) is 13.8 Å². The number of aromatic nitrogens is 3. The minimum Gasteiger partial charge on any atom is -0.367 e. The lowest BCUT2D eigenvalue weighted by molar-refractivity contribution is -0.141. The molecule has 3 heterocycles. The number of halogens is 3. The van der Waals surface area contributed by atoms with Crippen molar-refractivity contribution in [2.45, 2.75) is 58.1 Å². The lowest BCUT2D eigenvalue weighted by Crippen LogP contribution is -2.62. The summed E-state index contributed by atoms with van der Waals surface area (Å²) in [4.78, 5) is 22.1. The van der Waals surface area contributed by atoms with Gasteiger partial charge in [0.2, 0.25) is 5.72 Å². The molecule has 0 radical (unpaired) electrons. The molecule has 0 saturated heterocycles. The van der Waals surface area contributed by atoms with E-state index in [0.29, 0.717) is 29.4 Å². The lowest BCUT2D eigenvalue weighted by atomic mass is 9.80. The van der Waals surface area contributed by atoms with Gasteiger partial charge in [-0.15, -0.1) is 0 Å². The molecule has 174 valence electrons. The molecule has 3 N–H and O–H groups in total. The second-order valence-electron chi connectivity index (χ2n) is 9.01. The van der Waals surface area contributed by atoms with E-state index in [0.717, 1.165) is 19.0 Å². The number of carbonyl (C=O) groups is 1. The monoisotopic (exact) mass is 452 g/mol. The Bertz CT molecular complexity index is 1030. The summed E-state index contributed by atoms with van der Waals surface area (Å²) in [5.74, 6) is 0.0531. The highest BCUT2D eigenvalue weighted by atomic mass is 19.4. The Morgan fingerprint density at radius 1 is 1.38 bits per heavy atom. The van der Waals surface area contributed by atoms with Crippen molar-refractivity contribution >= 4 is 23.1 Å². The van der Waals surface area contributed by atoms with Crippen LogP contribution in [0.15, 0.2) is 18.6 Å². The smallest absolute Gasteiger partial charge is 0.367 e. The Morgan fingerprint density at radius 3 is 2.66 bits per heavy atom. The van der Waals surface area contributed by atoms with Gasteiger partial charge in [-0.25, -0.2) is 9.97 Å². The summed E-state index contributed by atoms with van der Waals surface area (Å²) in [6.07, 6.45) is -0.591. The van der Waals surface area contributed by atoms with Gasteiger partial charge in [-0.3, -0.25) is 4.79 Å². The van der Waals surface area contributed by atoms with E-state index < -0.39 is 23.5 Å². The number of pyridine rings is 1. The van der Waals surface area contributed by atoms with E-state index in [9.17, 15) is 23.1 Å². The number of nitrogens with zero attached hydrogens (tertiary/aromatic N) is 4. The lowest BCUT2D eigenvalue weighted by Gasteiger charge is -2.45. The first-order valence-electron chi connectivity index (χ1n) is 10.5. The minimum absolute atomic E-state index is 0.142. The molecule has 0 spiro atoms. The molecule has 8 nitrogen and oxygen atoms in total. The van der Waals surface area contributed by atoms with E-state index >= 15 is 0 Å². The SMILES string of the molecule is Cc1nc(N[C@H]2C[C@@H](Cn3cnc(C(F)(F)F)c3)C2)cc2c1NC(=O)[C@@](O)(C(C)C)N2C. The molecule has 1 amide bonds. The number of anilines is 3. The fourth-order valence-electron chi connectivity index (χ4n) is 4.46. The Labute approximate surface area is 183 Å². The van der Waals surface area contributed by atoms with Crippen molar-refractivity contribution in [2.24, 2.45) is 11.8 Å². The molecule has 32 heavy (non-hydrogen) atoms. The van der Waals surface area contributed by atoms with Crippen LogP contribution in [-0.4, -0.2) is 44.4 Å². The Balaban J connectivity index is 1.42. The first-order chi connectivity index (χ1) is 14.9. The van der Waals surface area contributed by atoms with Crippen molar-refractivity contribution in [3.8, 4) is 0 Å². The fourth-order valence-corrected chi connectivity index (χ4v) is 4.46. The van der Waals surface area contributed by atoms with E-state index in [1.165, 1.54) is 10.9 Å². The van der Waals surface area contributed by atoms with Crippen LogP contribution in [0.1, 0.15) is 38.1 Å². The largest absolute Gasteiger partial charge is 0.434 e. The van der Waals surface area contributed by atoms with Gasteiger partial charge in [-0.05, 0) is 25.7 Å². The predicted molar refractivity (Wildman–Crippen MR) is 113 cm³/mol. The first-order valence-corrected chi connectivity index (χ1v) is 10.5. The summed E-state index contributed by atoms with van der Waals surface area (Å²) in [5, 5.41) is 17.1. The average molecular weight is 452 g/mol. The number of imidazole rings is 1. The van der Waals surface area contributed by atoms with E-state index in [1.807, 2.05) is 0 Å². The van der Waals surface area contributed by atoms with Crippen molar-refractivity contribution in [1.82, 2.24) is 14.5 Å². The van der Waals surface area contributed by atoms with Gasteiger partial charge in [-0.2, -0.15) is 13.2 Å². The van der Waals surface area contributed by atoms with Crippen molar-refractivity contribution in [2.75, 3.05) is 22.6 Å². The number of nitrogens with one attached hydrogen (secondary N) is 2. The third-order valence-electron chi connectivity index (χ3n) is 6.41. The van der Waals surface area contributed by atoms with Crippen molar-refractivity contribution < 1.29 is 23.1 Å². The predicted octanol–water partition coefficient (Wildman–Crippen LogP) is 3.23. The number of carbonyl (C=O) groups excluding carboxylic acids is 1. The summed E-state index contributed by atoms with van der Waals surface area (Å²) in [6, 6.07) is 1.94. The molecule has 0 unspecified atom stereocenters. The van der Waals surface area contributed by atoms with E-state index in [1.54, 1.807) is 38.8 Å². The third-order valence-corrected chi connectivity index (χ3v) is 6.41. The van der Waals surface area contributed by atoms with Crippen LogP contribution in [0.25, 0.3) is 0 Å². The van der Waals surface area contributed by atoms with Crippen LogP contribution in [0, 0.1) is 18.8 Å². The van der Waals surface area contributed by atoms with Crippen LogP contribution >= 0.6 is 0 Å². The standard InChI is InChI=1S/C21H27F3N6O2/c1-11(2)20(32)19(31)28-18-12(3)26-17(7-15(18)29(20)4)27-14-5-13(6-14)8-30-9-16(25-10-30)21(22,23)24/h7,9-11,13-14,32H,5-6,8H2,1-4H3,(H,26,27)(H,28,31)/t13-,14+,20-/m0/s1. The average Bonchev–Trinajstić information content (AvgIpc) is 3.14. The van der Waals surface area contributed by atoms with Gasteiger partial charge in [0.1, 0.15) is 5.82 Å². The highest BCUT2D eigenvalue weighted by Gasteiger charge is 2.48. The number of aryl methyl sites for hydroxylation is 1. The van der Waals surface area contributed by atoms with Crippen LogP contribution in [0.4, 0.5) is 30.4 Å². The number of alkyl halides is 3. The molecule has 0 aromatic carbocycles. The highest BCUT2D eigenvalue weighted by molar-refractivity contribution is 6.06. The Hall–Kier alpha value is -2.82. The van der Waals surface area contributed by atoms with Crippen LogP contribution in [-0.2, 0) is 17.5 Å². The summed E-state index contributed by atoms with van der Waals surface area (Å²) < 4.78 is 39.6. The molecular weight excluding hydrogens is 425 g/mol. The molecule has 4 rings (SSSR count). The van der Waals surface area contributed by atoms with Crippen molar-refractivity contribution in [1.29, 1.82) is 0 Å². The van der Waals surface area contributed by atoms with Crippen molar-refractivity contribution in [3.63, 3.8) is 0 Å². The van der Waals surface area contributed by atoms with Crippen LogP contribution < -0.4 is 15.5 Å². The summed E-state index contributed by atoms with van der Waals surface area (Å²) >= 11 is 0. The molecule has 11 heteroatoms. The summed E-state index contributed by atoms with van der Waals surface area (Å²) in [7, 11) is 1.68. The molecule has 2 aromatic heterocycles. The molecule has 1 atom stereocenters. The topological polar surface area (TPSA) is 95.3 Å². The van der Waals surface area contributed by atoms with Gasteiger partial charge in [0, 0.05) is 37.8 Å². The van der Waals surface area contributed by atoms with Gasteiger partial charge < -0.3 is 25.2 Å². The number of hydrogen-bond acceptors (Lipinski definition) is 6. The zero-order valence-electron chi connectivity index (χ0n) is 18.4. The van der Waals surface area contributed by atoms with Gasteiger partial charge in [0.15, 0.2) is 5.69 Å². The van der Waals surface area contributed by atoms with Gasteiger partial charge in [0.25, 0.3) is 5.91 Å². The van der Waals surface area contributed by atoms with E-state index in [4.69, 9.17) is 0 Å². The molecule has 2 aromatic rings. The second kappa shape index (κ2) is 7.65. The normalized spacial score (nSPS) is 25.4. The highest BCUT2D eigenvalue weighted by Crippen LogP contribution is 2.41. The van der Waals surface area contributed by atoms with Gasteiger partial charge in [0.05, 0.1) is 23.4 Å². The molecule has 0 bridgehead atoms. The van der Waals surface area contributed by atoms with E-state index in [-0.39, 0.29) is 17.9 Å². The van der Waals surface area contributed by atoms with Gasteiger partial charge >= 0.3 is 6.18 Å². The van der Waals surface area contributed by atoms with Crippen LogP contribution in [0.5, 0.6) is 0 Å². The maximum Gasteiger partial charge on any atom is 0.434 e. The second-order valence-corrected chi connectivity index (χ2v) is 9.01. The molecule has 2 aliphatic rings. The number of amides is 1.